The lowest BCUT2D eigenvalue weighted by Gasteiger charge is -2.01. The van der Waals surface area contributed by atoms with E-state index in [9.17, 15) is 4.79 Å². The van der Waals surface area contributed by atoms with Gasteiger partial charge in [0, 0.05) is 12.6 Å². The molecular formula is C12H12N2O3. The number of nitrogens with one attached hydrogen (secondary N) is 1. The van der Waals surface area contributed by atoms with Crippen LogP contribution in [0.4, 0.5) is 0 Å². The monoisotopic (exact) mass is 232 g/mol. The van der Waals surface area contributed by atoms with Gasteiger partial charge < -0.3 is 14.9 Å². The van der Waals surface area contributed by atoms with Crippen LogP contribution in [0.3, 0.4) is 0 Å². The summed E-state index contributed by atoms with van der Waals surface area (Å²) in [7, 11) is 0. The minimum atomic E-state index is -1.08. The lowest BCUT2D eigenvalue weighted by Crippen LogP contribution is -2.11. The van der Waals surface area contributed by atoms with Crippen LogP contribution in [0.1, 0.15) is 21.8 Å². The highest BCUT2D eigenvalue weighted by Gasteiger charge is 2.09. The van der Waals surface area contributed by atoms with E-state index in [1.807, 2.05) is 30.3 Å². The number of nitrogens with zero attached hydrogens (tertiary/aromatic N) is 1. The third-order valence-electron chi connectivity index (χ3n) is 2.25. The Kier molecular flexibility index (Phi) is 3.52. The van der Waals surface area contributed by atoms with Gasteiger partial charge in [-0.2, -0.15) is 0 Å². The standard InChI is InChI=1S/C12H12N2O3/c15-12(16)11-6-10(17-14-11)8-13-7-9-4-2-1-3-5-9/h1-6,13H,7-8H2,(H,15,16). The van der Waals surface area contributed by atoms with Gasteiger partial charge in [-0.1, -0.05) is 35.5 Å². The van der Waals surface area contributed by atoms with Crippen molar-refractivity contribution in [1.82, 2.24) is 10.5 Å². The molecule has 0 saturated carbocycles. The number of hydrogen-bond acceptors (Lipinski definition) is 4. The summed E-state index contributed by atoms with van der Waals surface area (Å²) in [6, 6.07) is 11.3. The molecule has 88 valence electrons. The Balaban J connectivity index is 1.84. The molecule has 17 heavy (non-hydrogen) atoms. The van der Waals surface area contributed by atoms with E-state index in [-0.39, 0.29) is 5.69 Å². The summed E-state index contributed by atoms with van der Waals surface area (Å²) in [6.07, 6.45) is 0. The van der Waals surface area contributed by atoms with Crippen LogP contribution in [0, 0.1) is 0 Å². The van der Waals surface area contributed by atoms with Crippen LogP contribution in [0.5, 0.6) is 0 Å². The van der Waals surface area contributed by atoms with Crippen molar-refractivity contribution < 1.29 is 14.4 Å². The Hall–Kier alpha value is -2.14. The number of hydrogen-bond donors (Lipinski definition) is 2. The van der Waals surface area contributed by atoms with Gasteiger partial charge in [0.2, 0.25) is 0 Å². The van der Waals surface area contributed by atoms with Crippen LogP contribution < -0.4 is 5.32 Å². The normalized spacial score (nSPS) is 10.4. The van der Waals surface area contributed by atoms with Crippen molar-refractivity contribution in [3.8, 4) is 0 Å². The summed E-state index contributed by atoms with van der Waals surface area (Å²) in [5.74, 6) is -0.568. The lowest BCUT2D eigenvalue weighted by atomic mass is 10.2. The molecule has 1 aromatic heterocycles. The van der Waals surface area contributed by atoms with Gasteiger partial charge in [-0.05, 0) is 5.56 Å². The number of carbonyl (C=O) groups is 1. The highest BCUT2D eigenvalue weighted by molar-refractivity contribution is 5.85. The summed E-state index contributed by atoms with van der Waals surface area (Å²) in [5, 5.41) is 15.2. The second-order valence-corrected chi connectivity index (χ2v) is 3.57. The quantitative estimate of drug-likeness (QED) is 0.820. The Morgan fingerprint density at radius 3 is 2.71 bits per heavy atom. The second-order valence-electron chi connectivity index (χ2n) is 3.57. The first-order valence-corrected chi connectivity index (χ1v) is 5.19. The molecule has 0 bridgehead atoms. The van der Waals surface area contributed by atoms with Gasteiger partial charge in [0.15, 0.2) is 11.5 Å². The fourth-order valence-corrected chi connectivity index (χ4v) is 1.42. The fraction of sp³-hybridized carbons (Fsp3) is 0.167. The molecule has 1 aromatic carbocycles. The first kappa shape index (κ1) is 11.3. The van der Waals surface area contributed by atoms with Gasteiger partial charge in [0.25, 0.3) is 0 Å². The van der Waals surface area contributed by atoms with Crippen LogP contribution in [0.25, 0.3) is 0 Å². The summed E-state index contributed by atoms with van der Waals surface area (Å²) >= 11 is 0. The van der Waals surface area contributed by atoms with Crippen LogP contribution >= 0.6 is 0 Å². The molecule has 0 aliphatic rings. The molecular weight excluding hydrogens is 220 g/mol. The van der Waals surface area contributed by atoms with E-state index < -0.39 is 5.97 Å². The molecule has 0 fully saturated rings. The first-order valence-electron chi connectivity index (χ1n) is 5.19. The second kappa shape index (κ2) is 5.27. The zero-order valence-corrected chi connectivity index (χ0v) is 9.09. The molecule has 0 radical (unpaired) electrons. The zero-order chi connectivity index (χ0) is 12.1. The smallest absolute Gasteiger partial charge is 0.358 e. The van der Waals surface area contributed by atoms with Crippen LogP contribution in [-0.2, 0) is 13.1 Å². The topological polar surface area (TPSA) is 75.4 Å². The van der Waals surface area contributed by atoms with Gasteiger partial charge in [0.1, 0.15) is 0 Å². The van der Waals surface area contributed by atoms with E-state index >= 15 is 0 Å². The summed E-state index contributed by atoms with van der Waals surface area (Å²) in [6.45, 7) is 1.15. The molecule has 0 aliphatic heterocycles. The molecule has 0 spiro atoms. The van der Waals surface area contributed by atoms with Gasteiger partial charge in [-0.15, -0.1) is 0 Å². The molecule has 0 amide bonds. The van der Waals surface area contributed by atoms with Crippen molar-refractivity contribution in [3.63, 3.8) is 0 Å². The minimum absolute atomic E-state index is 0.0680. The number of carboxylic acids is 1. The Morgan fingerprint density at radius 1 is 1.29 bits per heavy atom. The van der Waals surface area contributed by atoms with Crippen LogP contribution in [0.2, 0.25) is 0 Å². The maximum atomic E-state index is 10.6. The molecule has 2 N–H and O–H groups in total. The SMILES string of the molecule is O=C(O)c1cc(CNCc2ccccc2)on1. The molecule has 2 rings (SSSR count). The third-order valence-corrected chi connectivity index (χ3v) is 2.25. The van der Waals surface area contributed by atoms with E-state index in [0.29, 0.717) is 18.8 Å². The maximum Gasteiger partial charge on any atom is 0.358 e. The highest BCUT2D eigenvalue weighted by atomic mass is 16.5. The van der Waals surface area contributed by atoms with E-state index in [4.69, 9.17) is 9.63 Å². The van der Waals surface area contributed by atoms with Crippen LogP contribution in [-0.4, -0.2) is 16.2 Å². The predicted molar refractivity (Wildman–Crippen MR) is 60.4 cm³/mol. The molecule has 5 heteroatoms. The molecule has 0 aliphatic carbocycles. The zero-order valence-electron chi connectivity index (χ0n) is 9.09. The Bertz CT molecular complexity index is 493. The third kappa shape index (κ3) is 3.15. The molecule has 5 nitrogen and oxygen atoms in total. The van der Waals surface area contributed by atoms with Crippen molar-refractivity contribution in [1.29, 1.82) is 0 Å². The van der Waals surface area contributed by atoms with E-state index in [0.717, 1.165) is 5.56 Å². The van der Waals surface area contributed by atoms with E-state index in [1.54, 1.807) is 0 Å². The number of carboxylic acid groups (broad SMARTS) is 1. The van der Waals surface area contributed by atoms with Gasteiger partial charge in [-0.25, -0.2) is 4.79 Å². The maximum absolute atomic E-state index is 10.6. The minimum Gasteiger partial charge on any atom is -0.476 e. The number of aromatic nitrogens is 1. The molecule has 1 heterocycles. The number of benzene rings is 1. The first-order chi connectivity index (χ1) is 8.25. The van der Waals surface area contributed by atoms with Gasteiger partial charge >= 0.3 is 5.97 Å². The fourth-order valence-electron chi connectivity index (χ4n) is 1.42. The number of aromatic carboxylic acids is 1. The van der Waals surface area contributed by atoms with Crippen molar-refractivity contribution in [2.24, 2.45) is 0 Å². The van der Waals surface area contributed by atoms with Crippen molar-refractivity contribution in [2.45, 2.75) is 13.1 Å². The Labute approximate surface area is 98.1 Å². The summed E-state index contributed by atoms with van der Waals surface area (Å²) < 4.78 is 4.87. The summed E-state index contributed by atoms with van der Waals surface area (Å²) in [4.78, 5) is 10.6. The average Bonchev–Trinajstić information content (AvgIpc) is 2.79. The van der Waals surface area contributed by atoms with E-state index in [2.05, 4.69) is 10.5 Å². The highest BCUT2D eigenvalue weighted by Crippen LogP contribution is 2.04. The van der Waals surface area contributed by atoms with E-state index in [1.165, 1.54) is 6.07 Å². The molecule has 0 unspecified atom stereocenters. The Morgan fingerprint density at radius 2 is 2.06 bits per heavy atom. The largest absolute Gasteiger partial charge is 0.476 e. The van der Waals surface area contributed by atoms with Crippen LogP contribution in [0.15, 0.2) is 40.9 Å². The van der Waals surface area contributed by atoms with Gasteiger partial charge in [0.05, 0.1) is 6.54 Å². The molecule has 0 atom stereocenters. The predicted octanol–water partition coefficient (Wildman–Crippen LogP) is 1.66. The number of rotatable bonds is 5. The van der Waals surface area contributed by atoms with Crippen molar-refractivity contribution in [2.75, 3.05) is 0 Å². The van der Waals surface area contributed by atoms with Crippen molar-refractivity contribution >= 4 is 5.97 Å². The average molecular weight is 232 g/mol. The summed E-state index contributed by atoms with van der Waals surface area (Å²) in [5.41, 5.74) is 1.09. The van der Waals surface area contributed by atoms with Gasteiger partial charge in [-0.3, -0.25) is 0 Å². The molecule has 2 aromatic rings. The van der Waals surface area contributed by atoms with Crippen molar-refractivity contribution in [3.05, 3.63) is 53.4 Å². The molecule has 0 saturated heterocycles. The lowest BCUT2D eigenvalue weighted by molar-refractivity contribution is 0.0685.